The van der Waals surface area contributed by atoms with Crippen molar-refractivity contribution >= 4 is 67.6 Å². The zero-order valence-corrected chi connectivity index (χ0v) is 17.1. The molecule has 0 spiro atoms. The van der Waals surface area contributed by atoms with E-state index >= 15 is 0 Å². The minimum atomic E-state index is -0.470. The molecule has 0 radical (unpaired) electrons. The van der Waals surface area contributed by atoms with Crippen molar-refractivity contribution in [1.82, 2.24) is 0 Å². The van der Waals surface area contributed by atoms with Gasteiger partial charge in [0.2, 0.25) is 0 Å². The molecule has 0 bridgehead atoms. The van der Waals surface area contributed by atoms with Crippen LogP contribution in [0.1, 0.15) is 16.7 Å². The lowest BCUT2D eigenvalue weighted by Gasteiger charge is -2.17. The molecular formula is C18H13BrN2O3S2. The third-order valence-corrected chi connectivity index (χ3v) is 5.82. The van der Waals surface area contributed by atoms with Gasteiger partial charge in [-0.05, 0) is 59.1 Å². The van der Waals surface area contributed by atoms with Gasteiger partial charge in [-0.2, -0.15) is 0 Å². The summed E-state index contributed by atoms with van der Waals surface area (Å²) in [7, 11) is 0. The van der Waals surface area contributed by atoms with Gasteiger partial charge in [-0.15, -0.1) is 0 Å². The number of nitro groups is 1. The van der Waals surface area contributed by atoms with Gasteiger partial charge in [-0.3, -0.25) is 19.8 Å². The summed E-state index contributed by atoms with van der Waals surface area (Å²) in [5.41, 5.74) is 3.34. The summed E-state index contributed by atoms with van der Waals surface area (Å²) in [4.78, 5) is 25.4. The molecule has 0 aliphatic carbocycles. The lowest BCUT2D eigenvalue weighted by molar-refractivity contribution is -0.385. The highest BCUT2D eigenvalue weighted by atomic mass is 79.9. The van der Waals surface area contributed by atoms with Crippen molar-refractivity contribution in [1.29, 1.82) is 0 Å². The van der Waals surface area contributed by atoms with Crippen molar-refractivity contribution in [2.24, 2.45) is 0 Å². The molecule has 3 rings (SSSR count). The van der Waals surface area contributed by atoms with Gasteiger partial charge in [0.05, 0.1) is 20.0 Å². The minimum absolute atomic E-state index is 0.0522. The van der Waals surface area contributed by atoms with E-state index in [1.807, 2.05) is 32.0 Å². The van der Waals surface area contributed by atoms with Crippen LogP contribution in [0.25, 0.3) is 6.08 Å². The van der Waals surface area contributed by atoms with Crippen molar-refractivity contribution in [2.45, 2.75) is 13.8 Å². The Kier molecular flexibility index (Phi) is 5.27. The van der Waals surface area contributed by atoms with Crippen LogP contribution >= 0.6 is 39.9 Å². The molecule has 1 aliphatic rings. The summed E-state index contributed by atoms with van der Waals surface area (Å²) in [6.45, 7) is 3.92. The Bertz CT molecular complexity index is 988. The topological polar surface area (TPSA) is 63.5 Å². The first kappa shape index (κ1) is 18.8. The predicted molar refractivity (Wildman–Crippen MR) is 112 cm³/mol. The molecule has 0 saturated carbocycles. The first-order valence-electron chi connectivity index (χ1n) is 7.57. The molecule has 1 heterocycles. The molecule has 26 heavy (non-hydrogen) atoms. The Morgan fingerprint density at radius 3 is 2.62 bits per heavy atom. The number of benzene rings is 2. The van der Waals surface area contributed by atoms with Gasteiger partial charge in [-0.25, -0.2) is 0 Å². The third kappa shape index (κ3) is 3.58. The van der Waals surface area contributed by atoms with Crippen molar-refractivity contribution in [2.75, 3.05) is 4.90 Å². The molecule has 1 amide bonds. The number of aryl methyl sites for hydroxylation is 2. The number of amides is 1. The zero-order valence-electron chi connectivity index (χ0n) is 13.9. The van der Waals surface area contributed by atoms with E-state index in [-0.39, 0.29) is 11.6 Å². The first-order chi connectivity index (χ1) is 12.3. The van der Waals surface area contributed by atoms with Crippen LogP contribution in [0.2, 0.25) is 0 Å². The molecule has 5 nitrogen and oxygen atoms in total. The molecule has 2 aromatic rings. The Balaban J connectivity index is 1.97. The van der Waals surface area contributed by atoms with Gasteiger partial charge >= 0.3 is 0 Å². The lowest BCUT2D eigenvalue weighted by Crippen LogP contribution is -2.28. The number of carbonyl (C=O) groups excluding carboxylic acids is 1. The second kappa shape index (κ2) is 7.30. The molecule has 0 N–H and O–H groups in total. The maximum absolute atomic E-state index is 12.8. The maximum Gasteiger partial charge on any atom is 0.284 e. The van der Waals surface area contributed by atoms with Gasteiger partial charge in [0, 0.05) is 6.07 Å². The van der Waals surface area contributed by atoms with Crippen LogP contribution in [0.4, 0.5) is 11.4 Å². The average molecular weight is 449 g/mol. The van der Waals surface area contributed by atoms with E-state index in [2.05, 4.69) is 15.9 Å². The SMILES string of the molecule is Cc1ccc(N2C(=O)/C(=C\c3ccc(Br)c([N+](=O)[O-])c3)SC2=S)c(C)c1. The number of halogens is 1. The number of rotatable bonds is 3. The fourth-order valence-electron chi connectivity index (χ4n) is 2.64. The minimum Gasteiger partial charge on any atom is -0.268 e. The third-order valence-electron chi connectivity index (χ3n) is 3.85. The number of hydrogen-bond donors (Lipinski definition) is 0. The predicted octanol–water partition coefficient (Wildman–Crippen LogP) is 5.38. The highest BCUT2D eigenvalue weighted by molar-refractivity contribution is 9.10. The molecule has 0 aromatic heterocycles. The Morgan fingerprint density at radius 1 is 1.23 bits per heavy atom. The van der Waals surface area contributed by atoms with Crippen molar-refractivity contribution in [3.63, 3.8) is 0 Å². The lowest BCUT2D eigenvalue weighted by atomic mass is 10.1. The van der Waals surface area contributed by atoms with Crippen LogP contribution in [0.15, 0.2) is 45.8 Å². The van der Waals surface area contributed by atoms with Crippen LogP contribution in [0.3, 0.4) is 0 Å². The van der Waals surface area contributed by atoms with Gasteiger partial charge in [0.1, 0.15) is 0 Å². The van der Waals surface area contributed by atoms with E-state index in [0.717, 1.165) is 16.8 Å². The van der Waals surface area contributed by atoms with Gasteiger partial charge < -0.3 is 0 Å². The molecule has 1 saturated heterocycles. The van der Waals surface area contributed by atoms with E-state index in [4.69, 9.17) is 12.2 Å². The van der Waals surface area contributed by atoms with Crippen LogP contribution < -0.4 is 4.90 Å². The molecular weight excluding hydrogens is 436 g/mol. The Labute approximate surface area is 168 Å². The average Bonchev–Trinajstić information content (AvgIpc) is 2.83. The summed E-state index contributed by atoms with van der Waals surface area (Å²) in [5, 5.41) is 11.1. The number of anilines is 1. The maximum atomic E-state index is 12.8. The fourth-order valence-corrected chi connectivity index (χ4v) is 4.32. The zero-order chi connectivity index (χ0) is 19.0. The van der Waals surface area contributed by atoms with Crippen LogP contribution in [-0.2, 0) is 4.79 Å². The highest BCUT2D eigenvalue weighted by Crippen LogP contribution is 2.38. The summed E-state index contributed by atoms with van der Waals surface area (Å²) in [6.07, 6.45) is 1.63. The highest BCUT2D eigenvalue weighted by Gasteiger charge is 2.34. The summed E-state index contributed by atoms with van der Waals surface area (Å²) in [5.74, 6) is -0.225. The molecule has 8 heteroatoms. The second-order valence-corrected chi connectivity index (χ2v) is 8.31. The van der Waals surface area contributed by atoms with E-state index in [1.54, 1.807) is 18.2 Å². The van der Waals surface area contributed by atoms with E-state index in [1.165, 1.54) is 22.7 Å². The number of hydrogen-bond acceptors (Lipinski definition) is 5. The molecule has 0 unspecified atom stereocenters. The first-order valence-corrected chi connectivity index (χ1v) is 9.59. The Hall–Kier alpha value is -2.03. The molecule has 2 aromatic carbocycles. The molecule has 1 fully saturated rings. The fraction of sp³-hybridized carbons (Fsp3) is 0.111. The van der Waals surface area contributed by atoms with E-state index < -0.39 is 4.92 Å². The number of nitro benzene ring substituents is 1. The van der Waals surface area contributed by atoms with Crippen molar-refractivity contribution in [3.05, 3.63) is 72.6 Å². The molecule has 132 valence electrons. The van der Waals surface area contributed by atoms with Crippen LogP contribution in [-0.4, -0.2) is 15.2 Å². The van der Waals surface area contributed by atoms with Crippen molar-refractivity contribution in [3.8, 4) is 0 Å². The summed E-state index contributed by atoms with van der Waals surface area (Å²) in [6, 6.07) is 10.5. The molecule has 0 atom stereocenters. The smallest absolute Gasteiger partial charge is 0.268 e. The van der Waals surface area contributed by atoms with Gasteiger partial charge in [0.15, 0.2) is 4.32 Å². The van der Waals surface area contributed by atoms with Gasteiger partial charge in [-0.1, -0.05) is 47.7 Å². The molecule has 1 aliphatic heterocycles. The van der Waals surface area contributed by atoms with Crippen LogP contribution in [0, 0.1) is 24.0 Å². The second-order valence-electron chi connectivity index (χ2n) is 5.78. The van der Waals surface area contributed by atoms with Crippen molar-refractivity contribution < 1.29 is 9.72 Å². The largest absolute Gasteiger partial charge is 0.284 e. The standard InChI is InChI=1S/C18H13BrN2O3S2/c1-10-3-6-14(11(2)7-10)20-17(22)16(26-18(20)25)9-12-4-5-13(19)15(8-12)21(23)24/h3-9H,1-2H3/b16-9+. The number of nitrogens with zero attached hydrogens (tertiary/aromatic N) is 2. The monoisotopic (exact) mass is 448 g/mol. The number of thiocarbonyl (C=S) groups is 1. The van der Waals surface area contributed by atoms with E-state index in [0.29, 0.717) is 19.3 Å². The number of thioether (sulfide) groups is 1. The summed E-state index contributed by atoms with van der Waals surface area (Å²) < 4.78 is 0.835. The Morgan fingerprint density at radius 2 is 1.96 bits per heavy atom. The van der Waals surface area contributed by atoms with Gasteiger partial charge in [0.25, 0.3) is 11.6 Å². The van der Waals surface area contributed by atoms with E-state index in [9.17, 15) is 14.9 Å². The number of carbonyl (C=O) groups is 1. The quantitative estimate of drug-likeness (QED) is 0.273. The normalized spacial score (nSPS) is 15.8. The summed E-state index contributed by atoms with van der Waals surface area (Å²) >= 11 is 9.73. The van der Waals surface area contributed by atoms with Crippen LogP contribution in [0.5, 0.6) is 0 Å².